The van der Waals surface area contributed by atoms with Crippen molar-refractivity contribution in [3.05, 3.63) is 59.7 Å². The van der Waals surface area contributed by atoms with Crippen LogP contribution in [0.2, 0.25) is 0 Å². The number of likely N-dealkylation sites (tertiary alicyclic amines) is 2. The maximum atomic E-state index is 12.3. The molecule has 2 aliphatic rings. The van der Waals surface area contributed by atoms with Crippen LogP contribution in [0.3, 0.4) is 0 Å². The van der Waals surface area contributed by atoms with Gasteiger partial charge in [-0.15, -0.1) is 0 Å². The number of ether oxygens (including phenoxy) is 2. The zero-order valence-corrected chi connectivity index (χ0v) is 24.5. The minimum atomic E-state index is -0.0371. The summed E-state index contributed by atoms with van der Waals surface area (Å²) in [6, 6.07) is 12.5. The number of aromatic hydroxyl groups is 2. The molecule has 2 aromatic rings. The summed E-state index contributed by atoms with van der Waals surface area (Å²) in [5.74, 6) is 0.988. The zero-order valence-electron chi connectivity index (χ0n) is 24.5. The van der Waals surface area contributed by atoms with E-state index in [1.54, 1.807) is 36.4 Å². The number of rotatable bonds is 12. The lowest BCUT2D eigenvalue weighted by atomic mass is 10.1. The van der Waals surface area contributed by atoms with Crippen molar-refractivity contribution in [2.45, 2.75) is 38.5 Å². The fraction of sp³-hybridized carbons (Fsp3) is 0.424. The molecule has 0 spiro atoms. The van der Waals surface area contributed by atoms with Crippen molar-refractivity contribution in [2.24, 2.45) is 9.98 Å². The molecule has 4 rings (SSSR count). The van der Waals surface area contributed by atoms with Gasteiger partial charge in [0, 0.05) is 61.6 Å². The number of benzene rings is 2. The molecule has 0 aromatic heterocycles. The second kappa shape index (κ2) is 16.8. The molecule has 2 heterocycles. The number of carbonyl (C=O) groups excluding carboxylic acids is 2. The van der Waals surface area contributed by atoms with Gasteiger partial charge in [0.25, 0.3) is 0 Å². The monoisotopic (exact) mass is 588 g/mol. The highest BCUT2D eigenvalue weighted by Crippen LogP contribution is 2.26. The van der Waals surface area contributed by atoms with Crippen molar-refractivity contribution in [1.82, 2.24) is 9.80 Å². The first-order valence-electron chi connectivity index (χ1n) is 14.9. The van der Waals surface area contributed by atoms with E-state index in [0.29, 0.717) is 35.7 Å². The summed E-state index contributed by atoms with van der Waals surface area (Å²) >= 11 is 0. The molecule has 228 valence electrons. The fourth-order valence-corrected chi connectivity index (χ4v) is 4.84. The van der Waals surface area contributed by atoms with Gasteiger partial charge in [-0.25, -0.2) is 9.98 Å². The van der Waals surface area contributed by atoms with Gasteiger partial charge in [-0.05, 0) is 74.9 Å². The lowest BCUT2D eigenvalue weighted by molar-refractivity contribution is -0.127. The molecular formula is C33H40N4O6. The van der Waals surface area contributed by atoms with Gasteiger partial charge in [0.2, 0.25) is 11.8 Å². The van der Waals surface area contributed by atoms with Gasteiger partial charge in [0.1, 0.15) is 36.2 Å². The highest BCUT2D eigenvalue weighted by atomic mass is 16.5. The second-order valence-electron chi connectivity index (χ2n) is 10.4. The summed E-state index contributed by atoms with van der Waals surface area (Å²) in [4.78, 5) is 36.4. The van der Waals surface area contributed by atoms with Crippen LogP contribution in [0.4, 0.5) is 0 Å². The van der Waals surface area contributed by atoms with E-state index in [2.05, 4.69) is 16.0 Å². The smallest absolute Gasteiger partial charge is 0.246 e. The van der Waals surface area contributed by atoms with E-state index >= 15 is 0 Å². The van der Waals surface area contributed by atoms with Crippen molar-refractivity contribution in [2.75, 3.05) is 52.5 Å². The first-order chi connectivity index (χ1) is 21.0. The summed E-state index contributed by atoms with van der Waals surface area (Å²) in [5.41, 5.74) is 1.10. The predicted octanol–water partition coefficient (Wildman–Crippen LogP) is 4.78. The van der Waals surface area contributed by atoms with Crippen LogP contribution in [0.15, 0.2) is 58.5 Å². The molecule has 2 aromatic carbocycles. The van der Waals surface area contributed by atoms with Crippen LogP contribution in [-0.2, 0) is 9.59 Å². The average molecular weight is 589 g/mol. The number of aliphatic imine (C=N–C) groups is 2. The molecule has 2 fully saturated rings. The van der Waals surface area contributed by atoms with E-state index in [0.717, 1.165) is 64.7 Å². The number of piperidine rings is 2. The summed E-state index contributed by atoms with van der Waals surface area (Å²) in [6.45, 7) is 4.37. The molecule has 2 amide bonds. The molecule has 0 saturated carbocycles. The third-order valence-electron chi connectivity index (χ3n) is 7.24. The first-order valence-corrected chi connectivity index (χ1v) is 14.9. The summed E-state index contributed by atoms with van der Waals surface area (Å²) < 4.78 is 11.2. The van der Waals surface area contributed by atoms with Gasteiger partial charge in [-0.2, -0.15) is 0 Å². The molecule has 0 aliphatic carbocycles. The third-order valence-corrected chi connectivity index (χ3v) is 7.24. The lowest BCUT2D eigenvalue weighted by Crippen LogP contribution is -2.34. The van der Waals surface area contributed by atoms with Crippen molar-refractivity contribution >= 4 is 30.0 Å². The van der Waals surface area contributed by atoms with Crippen LogP contribution in [0.1, 0.15) is 49.7 Å². The van der Waals surface area contributed by atoms with Crippen LogP contribution in [0.5, 0.6) is 23.0 Å². The molecule has 10 nitrogen and oxygen atoms in total. The Morgan fingerprint density at radius 2 is 1.12 bits per heavy atom. The largest absolute Gasteiger partial charge is 0.507 e. The highest BCUT2D eigenvalue weighted by molar-refractivity contribution is 5.92. The Morgan fingerprint density at radius 1 is 0.698 bits per heavy atom. The predicted molar refractivity (Wildman–Crippen MR) is 166 cm³/mol. The van der Waals surface area contributed by atoms with Crippen molar-refractivity contribution in [3.8, 4) is 23.0 Å². The Labute approximate surface area is 252 Å². The number of phenols is 2. The Balaban J connectivity index is 1.12. The molecule has 2 saturated heterocycles. The van der Waals surface area contributed by atoms with Crippen LogP contribution < -0.4 is 9.47 Å². The number of phenolic OH excluding ortho intramolecular Hbond substituents is 2. The molecule has 0 radical (unpaired) electrons. The molecule has 0 unspecified atom stereocenters. The quantitative estimate of drug-likeness (QED) is 0.209. The fourth-order valence-electron chi connectivity index (χ4n) is 4.84. The van der Waals surface area contributed by atoms with E-state index in [9.17, 15) is 19.8 Å². The number of carbonyl (C=O) groups is 2. The minimum Gasteiger partial charge on any atom is -0.507 e. The van der Waals surface area contributed by atoms with Gasteiger partial charge in [0.05, 0.1) is 19.1 Å². The number of hydrogen-bond donors (Lipinski definition) is 2. The molecule has 2 N–H and O–H groups in total. The number of amides is 2. The second-order valence-corrected chi connectivity index (χ2v) is 10.4. The zero-order chi connectivity index (χ0) is 30.3. The SMILES string of the molecule is O=C(/C=C/c1ccc(OCCN=C=NCCOc2ccc(/C=C/C(=O)N3CCCCC3)c(O)c2)cc1O)N1CCCCC1. The molecular weight excluding hydrogens is 548 g/mol. The van der Waals surface area contributed by atoms with E-state index in [1.165, 1.54) is 24.3 Å². The molecule has 0 atom stereocenters. The van der Waals surface area contributed by atoms with Crippen molar-refractivity contribution in [3.63, 3.8) is 0 Å². The van der Waals surface area contributed by atoms with Gasteiger partial charge in [0.15, 0.2) is 0 Å². The summed E-state index contributed by atoms with van der Waals surface area (Å²) in [5, 5.41) is 20.6. The standard InChI is InChI=1S/C33H40N4O6/c38-30-23-28(11-7-26(30)9-13-32(40)36-17-3-1-4-18-36)42-21-15-34-25-35-16-22-43-29-12-8-27(31(39)24-29)10-14-33(41)37-19-5-2-6-20-37/h7-14,23-24,38-39H,1-6,15-22H2/b13-9+,14-10+. The summed E-state index contributed by atoms with van der Waals surface area (Å²) in [6.07, 6.45) is 12.7. The number of hydrogen-bond acceptors (Lipinski definition) is 8. The maximum Gasteiger partial charge on any atom is 0.246 e. The highest BCUT2D eigenvalue weighted by Gasteiger charge is 2.15. The van der Waals surface area contributed by atoms with E-state index < -0.39 is 0 Å². The number of nitrogens with zero attached hydrogens (tertiary/aromatic N) is 4. The van der Waals surface area contributed by atoms with Crippen LogP contribution in [0, 0.1) is 0 Å². The van der Waals surface area contributed by atoms with E-state index in [-0.39, 0.29) is 36.5 Å². The van der Waals surface area contributed by atoms with Crippen molar-refractivity contribution in [1.29, 1.82) is 0 Å². The molecule has 10 heteroatoms. The van der Waals surface area contributed by atoms with Crippen molar-refractivity contribution < 1.29 is 29.3 Å². The topological polar surface area (TPSA) is 124 Å². The molecule has 2 aliphatic heterocycles. The van der Waals surface area contributed by atoms with Gasteiger partial charge < -0.3 is 29.5 Å². The lowest BCUT2D eigenvalue weighted by Gasteiger charge is -2.25. The first kappa shape index (κ1) is 31.4. The van der Waals surface area contributed by atoms with Crippen LogP contribution >= 0.6 is 0 Å². The Hall–Kier alpha value is -4.56. The van der Waals surface area contributed by atoms with Gasteiger partial charge in [-0.3, -0.25) is 9.59 Å². The van der Waals surface area contributed by atoms with E-state index in [1.807, 2.05) is 9.80 Å². The van der Waals surface area contributed by atoms with Crippen LogP contribution in [-0.4, -0.2) is 90.3 Å². The average Bonchev–Trinajstić information content (AvgIpc) is 3.03. The Bertz CT molecular complexity index is 1250. The van der Waals surface area contributed by atoms with Gasteiger partial charge in [-0.1, -0.05) is 0 Å². The molecule has 0 bridgehead atoms. The third kappa shape index (κ3) is 10.3. The Kier molecular flexibility index (Phi) is 12.2. The maximum absolute atomic E-state index is 12.3. The van der Waals surface area contributed by atoms with Gasteiger partial charge >= 0.3 is 0 Å². The Morgan fingerprint density at radius 3 is 1.51 bits per heavy atom. The minimum absolute atomic E-state index is 0.0349. The molecule has 43 heavy (non-hydrogen) atoms. The summed E-state index contributed by atoms with van der Waals surface area (Å²) in [7, 11) is 0. The normalized spacial score (nSPS) is 15.3. The van der Waals surface area contributed by atoms with Crippen LogP contribution in [0.25, 0.3) is 12.2 Å². The van der Waals surface area contributed by atoms with E-state index in [4.69, 9.17) is 9.47 Å².